The Hall–Kier alpha value is -2.40. The second-order valence-corrected chi connectivity index (χ2v) is 8.17. The van der Waals surface area contributed by atoms with Gasteiger partial charge >= 0.3 is 0 Å². The number of hydrogen-bond donors (Lipinski definition) is 2. The van der Waals surface area contributed by atoms with Crippen molar-refractivity contribution in [1.29, 1.82) is 0 Å². The van der Waals surface area contributed by atoms with Crippen molar-refractivity contribution < 1.29 is 30.4 Å². The zero-order valence-electron chi connectivity index (χ0n) is 16.6. The molecule has 2 rings (SSSR count). The molecule has 0 saturated heterocycles. The predicted molar refractivity (Wildman–Crippen MR) is 104 cm³/mol. The highest BCUT2D eigenvalue weighted by atomic mass is 32.2. The van der Waals surface area contributed by atoms with Crippen LogP contribution in [0.2, 0.25) is 0 Å². The fourth-order valence-electron chi connectivity index (χ4n) is 2.88. The molecule has 0 spiro atoms. The number of sulfonamides is 1. The molecular weight excluding hydrogens is 429 g/mol. The van der Waals surface area contributed by atoms with Gasteiger partial charge in [0, 0.05) is 31.7 Å². The number of hydrogen-bond acceptors (Lipinski definition) is 4. The lowest BCUT2D eigenvalue weighted by Crippen LogP contribution is -2.30. The summed E-state index contributed by atoms with van der Waals surface area (Å²) in [5.74, 6) is -10.2. The van der Waals surface area contributed by atoms with E-state index in [9.17, 15) is 30.4 Å². The van der Waals surface area contributed by atoms with Gasteiger partial charge in [0.25, 0.3) is 0 Å². The van der Waals surface area contributed by atoms with E-state index in [2.05, 4.69) is 10.6 Å². The van der Waals surface area contributed by atoms with Crippen LogP contribution in [0.15, 0.2) is 23.1 Å². The van der Waals surface area contributed by atoms with Crippen LogP contribution in [-0.4, -0.2) is 32.4 Å². The normalized spacial score (nSPS) is 11.8. The minimum absolute atomic E-state index is 0.0761. The lowest BCUT2D eigenvalue weighted by molar-refractivity contribution is 0.371. The molecule has 30 heavy (non-hydrogen) atoms. The maximum Gasteiger partial charge on any atom is 0.243 e. The first-order valence-corrected chi connectivity index (χ1v) is 10.7. The third-order valence-corrected chi connectivity index (χ3v) is 6.50. The van der Waals surface area contributed by atoms with Gasteiger partial charge in [-0.25, -0.2) is 30.4 Å². The monoisotopic (exact) mass is 451 g/mol. The molecule has 0 aliphatic carbocycles. The van der Waals surface area contributed by atoms with Gasteiger partial charge < -0.3 is 10.6 Å². The Morgan fingerprint density at radius 1 is 0.800 bits per heavy atom. The van der Waals surface area contributed by atoms with Crippen LogP contribution in [0.4, 0.5) is 33.3 Å². The number of benzene rings is 2. The van der Waals surface area contributed by atoms with Crippen molar-refractivity contribution in [2.24, 2.45) is 0 Å². The number of nitrogens with zero attached hydrogens (tertiary/aromatic N) is 1. The molecule has 0 bridgehead atoms. The van der Waals surface area contributed by atoms with Crippen LogP contribution in [0.1, 0.15) is 26.3 Å². The van der Waals surface area contributed by atoms with Gasteiger partial charge in [-0.1, -0.05) is 13.8 Å². The van der Waals surface area contributed by atoms with Crippen LogP contribution in [0, 0.1) is 29.1 Å². The summed E-state index contributed by atoms with van der Waals surface area (Å²) >= 11 is 0. The minimum atomic E-state index is -3.83. The van der Waals surface area contributed by atoms with Gasteiger partial charge in [0.2, 0.25) is 15.8 Å². The van der Waals surface area contributed by atoms with Crippen molar-refractivity contribution in [2.75, 3.05) is 30.3 Å². The molecule has 0 aliphatic heterocycles. The molecule has 2 aromatic rings. The summed E-state index contributed by atoms with van der Waals surface area (Å²) in [5, 5.41) is 5.52. The summed E-state index contributed by atoms with van der Waals surface area (Å²) in [6, 6.07) is 4.08. The zero-order chi connectivity index (χ0) is 22.6. The average Bonchev–Trinajstić information content (AvgIpc) is 2.72. The molecule has 0 aromatic heterocycles. The molecular formula is C19H22F5N3O2S. The summed E-state index contributed by atoms with van der Waals surface area (Å²) in [4.78, 5) is -0.0761. The topological polar surface area (TPSA) is 61.4 Å². The molecule has 166 valence electrons. The lowest BCUT2D eigenvalue weighted by atomic mass is 10.1. The summed E-state index contributed by atoms with van der Waals surface area (Å²) < 4.78 is 94.7. The van der Waals surface area contributed by atoms with Gasteiger partial charge in [-0.2, -0.15) is 4.31 Å². The van der Waals surface area contributed by atoms with E-state index in [0.717, 1.165) is 0 Å². The van der Waals surface area contributed by atoms with E-state index >= 15 is 0 Å². The van der Waals surface area contributed by atoms with E-state index in [1.807, 2.05) is 0 Å². The van der Waals surface area contributed by atoms with Gasteiger partial charge in [0.1, 0.15) is 0 Å². The molecule has 5 nitrogen and oxygen atoms in total. The van der Waals surface area contributed by atoms with E-state index in [1.165, 1.54) is 22.5 Å². The first-order chi connectivity index (χ1) is 14.1. The highest BCUT2D eigenvalue weighted by molar-refractivity contribution is 7.89. The molecule has 2 aromatic carbocycles. The Morgan fingerprint density at radius 3 is 1.83 bits per heavy atom. The van der Waals surface area contributed by atoms with Gasteiger partial charge in [-0.3, -0.25) is 0 Å². The van der Waals surface area contributed by atoms with E-state index < -0.39 is 51.2 Å². The van der Waals surface area contributed by atoms with Crippen molar-refractivity contribution in [3.63, 3.8) is 0 Å². The Bertz CT molecular complexity index is 998. The average molecular weight is 451 g/mol. The quantitative estimate of drug-likeness (QED) is 0.336. The summed E-state index contributed by atoms with van der Waals surface area (Å²) in [7, 11) is -3.83. The molecule has 0 fully saturated rings. The van der Waals surface area contributed by atoms with Gasteiger partial charge in [-0.15, -0.1) is 0 Å². The van der Waals surface area contributed by atoms with E-state index in [4.69, 9.17) is 0 Å². The standard InChI is InChI=1S/C19H22F5N3O2S/c1-4-25-13-8-7-11(30(28,29)27(5-2)6-3)9-14(13)26-10-12-15(20)17(22)19(24)18(23)16(12)21/h7-9,25-26H,4-6,10H2,1-3H3. The molecule has 2 N–H and O–H groups in total. The van der Waals surface area contributed by atoms with Crippen LogP contribution in [-0.2, 0) is 16.6 Å². The largest absolute Gasteiger partial charge is 0.384 e. The SMILES string of the molecule is CCNc1ccc(S(=O)(=O)N(CC)CC)cc1NCc1c(F)c(F)c(F)c(F)c1F. The van der Waals surface area contributed by atoms with Crippen LogP contribution < -0.4 is 10.6 Å². The number of rotatable bonds is 9. The fraction of sp³-hybridized carbons (Fsp3) is 0.368. The van der Waals surface area contributed by atoms with Crippen molar-refractivity contribution in [2.45, 2.75) is 32.2 Å². The summed E-state index contributed by atoms with van der Waals surface area (Å²) in [6.07, 6.45) is 0. The second kappa shape index (κ2) is 9.61. The molecule has 0 heterocycles. The molecule has 11 heteroatoms. The lowest BCUT2D eigenvalue weighted by Gasteiger charge is -2.20. The highest BCUT2D eigenvalue weighted by Crippen LogP contribution is 2.29. The number of halogens is 5. The Labute approximate surface area is 171 Å². The maximum absolute atomic E-state index is 13.9. The molecule has 0 unspecified atom stereocenters. The summed E-state index contributed by atoms with van der Waals surface area (Å²) in [6.45, 7) is 5.29. The smallest absolute Gasteiger partial charge is 0.243 e. The van der Waals surface area contributed by atoms with E-state index in [0.29, 0.717) is 12.2 Å². The Morgan fingerprint density at radius 2 is 1.33 bits per heavy atom. The molecule has 0 amide bonds. The summed E-state index contributed by atoms with van der Waals surface area (Å²) in [5.41, 5.74) is -0.514. The fourth-order valence-corrected chi connectivity index (χ4v) is 4.36. The highest BCUT2D eigenvalue weighted by Gasteiger charge is 2.26. The van der Waals surface area contributed by atoms with Crippen LogP contribution in [0.5, 0.6) is 0 Å². The third kappa shape index (κ3) is 4.51. The van der Waals surface area contributed by atoms with Crippen molar-refractivity contribution >= 4 is 21.4 Å². The maximum atomic E-state index is 13.9. The Kier molecular flexibility index (Phi) is 7.64. The zero-order valence-corrected chi connectivity index (χ0v) is 17.4. The van der Waals surface area contributed by atoms with Crippen LogP contribution in [0.25, 0.3) is 0 Å². The predicted octanol–water partition coefficient (Wildman–Crippen LogP) is 4.46. The van der Waals surface area contributed by atoms with Crippen molar-refractivity contribution in [1.82, 2.24) is 4.31 Å². The van der Waals surface area contributed by atoms with E-state index in [-0.39, 0.29) is 23.7 Å². The third-order valence-electron chi connectivity index (χ3n) is 4.46. The first kappa shape index (κ1) is 23.9. The molecule has 0 radical (unpaired) electrons. The molecule has 0 aliphatic rings. The van der Waals surface area contributed by atoms with Crippen molar-refractivity contribution in [3.05, 3.63) is 52.8 Å². The van der Waals surface area contributed by atoms with Gasteiger partial charge in [-0.05, 0) is 25.1 Å². The van der Waals surface area contributed by atoms with Crippen LogP contribution >= 0.6 is 0 Å². The van der Waals surface area contributed by atoms with E-state index in [1.54, 1.807) is 20.8 Å². The minimum Gasteiger partial charge on any atom is -0.384 e. The Balaban J connectivity index is 2.47. The number of nitrogens with one attached hydrogen (secondary N) is 2. The molecule has 0 saturated carbocycles. The first-order valence-electron chi connectivity index (χ1n) is 9.22. The van der Waals surface area contributed by atoms with Crippen LogP contribution in [0.3, 0.4) is 0 Å². The van der Waals surface area contributed by atoms with Gasteiger partial charge in [0.15, 0.2) is 23.3 Å². The van der Waals surface area contributed by atoms with Crippen molar-refractivity contribution in [3.8, 4) is 0 Å². The number of anilines is 2. The second-order valence-electron chi connectivity index (χ2n) is 6.23. The molecule has 0 atom stereocenters. The van der Waals surface area contributed by atoms with Gasteiger partial charge in [0.05, 0.1) is 16.3 Å².